The standard InChI is InChI=1S/C10H16N2O/c1-8(7-13-2)12-10-5-3-9(11)4-6-10/h3-6,8,12H,7,11H2,1-2H3. The van der Waals surface area contributed by atoms with Crippen molar-refractivity contribution in [1.29, 1.82) is 0 Å². The molecule has 72 valence electrons. The minimum absolute atomic E-state index is 0.314. The number of hydrogen-bond acceptors (Lipinski definition) is 3. The number of hydrogen-bond donors (Lipinski definition) is 2. The van der Waals surface area contributed by atoms with Crippen LogP contribution in [0.15, 0.2) is 24.3 Å². The summed E-state index contributed by atoms with van der Waals surface area (Å²) in [5.74, 6) is 0. The van der Waals surface area contributed by atoms with Gasteiger partial charge in [0.25, 0.3) is 0 Å². The molecule has 0 fully saturated rings. The molecule has 1 aromatic carbocycles. The minimum Gasteiger partial charge on any atom is -0.399 e. The van der Waals surface area contributed by atoms with E-state index >= 15 is 0 Å². The summed E-state index contributed by atoms with van der Waals surface area (Å²) < 4.78 is 5.01. The Hall–Kier alpha value is -1.22. The van der Waals surface area contributed by atoms with Crippen molar-refractivity contribution in [2.75, 3.05) is 24.8 Å². The molecule has 1 unspecified atom stereocenters. The summed E-state index contributed by atoms with van der Waals surface area (Å²) in [6.07, 6.45) is 0. The van der Waals surface area contributed by atoms with Gasteiger partial charge in [0.05, 0.1) is 6.61 Å². The topological polar surface area (TPSA) is 47.3 Å². The summed E-state index contributed by atoms with van der Waals surface area (Å²) in [6.45, 7) is 2.77. The van der Waals surface area contributed by atoms with Gasteiger partial charge in [-0.25, -0.2) is 0 Å². The van der Waals surface area contributed by atoms with E-state index in [0.717, 1.165) is 11.4 Å². The molecule has 0 spiro atoms. The number of nitrogen functional groups attached to an aromatic ring is 1. The summed E-state index contributed by atoms with van der Waals surface area (Å²) >= 11 is 0. The van der Waals surface area contributed by atoms with Crippen molar-refractivity contribution < 1.29 is 4.74 Å². The van der Waals surface area contributed by atoms with Crippen LogP contribution in [0.3, 0.4) is 0 Å². The highest BCUT2D eigenvalue weighted by molar-refractivity contribution is 5.51. The maximum absolute atomic E-state index is 5.56. The lowest BCUT2D eigenvalue weighted by atomic mass is 10.2. The average Bonchev–Trinajstić information content (AvgIpc) is 2.09. The van der Waals surface area contributed by atoms with Crippen LogP contribution in [0.25, 0.3) is 0 Å². The monoisotopic (exact) mass is 180 g/mol. The predicted molar refractivity (Wildman–Crippen MR) is 55.8 cm³/mol. The van der Waals surface area contributed by atoms with Crippen LogP contribution in [-0.4, -0.2) is 19.8 Å². The Kier molecular flexibility index (Phi) is 3.58. The average molecular weight is 180 g/mol. The zero-order valence-electron chi connectivity index (χ0n) is 8.08. The van der Waals surface area contributed by atoms with E-state index < -0.39 is 0 Å². The molecule has 3 N–H and O–H groups in total. The smallest absolute Gasteiger partial charge is 0.0661 e. The van der Waals surface area contributed by atoms with Crippen molar-refractivity contribution in [1.82, 2.24) is 0 Å². The van der Waals surface area contributed by atoms with Crippen LogP contribution in [0.1, 0.15) is 6.92 Å². The number of benzene rings is 1. The van der Waals surface area contributed by atoms with Gasteiger partial charge in [0.2, 0.25) is 0 Å². The maximum Gasteiger partial charge on any atom is 0.0661 e. The van der Waals surface area contributed by atoms with Gasteiger partial charge in [-0.2, -0.15) is 0 Å². The number of ether oxygens (including phenoxy) is 1. The second kappa shape index (κ2) is 4.72. The van der Waals surface area contributed by atoms with Crippen LogP contribution in [-0.2, 0) is 4.74 Å². The number of rotatable bonds is 4. The largest absolute Gasteiger partial charge is 0.399 e. The van der Waals surface area contributed by atoms with Gasteiger partial charge in [-0.1, -0.05) is 0 Å². The third-order valence-corrected chi connectivity index (χ3v) is 1.74. The second-order valence-corrected chi connectivity index (χ2v) is 3.12. The van der Waals surface area contributed by atoms with Gasteiger partial charge >= 0.3 is 0 Å². The Bertz CT molecular complexity index is 246. The Balaban J connectivity index is 2.49. The highest BCUT2D eigenvalue weighted by Crippen LogP contribution is 2.11. The lowest BCUT2D eigenvalue weighted by molar-refractivity contribution is 0.190. The highest BCUT2D eigenvalue weighted by Gasteiger charge is 1.99. The summed E-state index contributed by atoms with van der Waals surface area (Å²) in [4.78, 5) is 0. The van der Waals surface area contributed by atoms with Gasteiger partial charge in [0.15, 0.2) is 0 Å². The molecule has 13 heavy (non-hydrogen) atoms. The van der Waals surface area contributed by atoms with Crippen LogP contribution in [0.5, 0.6) is 0 Å². The first-order chi connectivity index (χ1) is 6.22. The first-order valence-electron chi connectivity index (χ1n) is 4.33. The van der Waals surface area contributed by atoms with Gasteiger partial charge in [0.1, 0.15) is 0 Å². The summed E-state index contributed by atoms with van der Waals surface area (Å²) in [7, 11) is 1.70. The first kappa shape index (κ1) is 9.86. The van der Waals surface area contributed by atoms with Crippen LogP contribution < -0.4 is 11.1 Å². The molecule has 1 aromatic rings. The molecule has 1 rings (SSSR count). The Labute approximate surface area is 78.9 Å². The van der Waals surface area contributed by atoms with E-state index in [-0.39, 0.29) is 0 Å². The van der Waals surface area contributed by atoms with Gasteiger partial charge < -0.3 is 15.8 Å². The van der Waals surface area contributed by atoms with Gasteiger partial charge in [-0.15, -0.1) is 0 Å². The molecular weight excluding hydrogens is 164 g/mol. The molecule has 0 aromatic heterocycles. The highest BCUT2D eigenvalue weighted by atomic mass is 16.5. The molecule has 0 bridgehead atoms. The van der Waals surface area contributed by atoms with E-state index in [4.69, 9.17) is 10.5 Å². The number of nitrogens with one attached hydrogen (secondary N) is 1. The number of methoxy groups -OCH3 is 1. The quantitative estimate of drug-likeness (QED) is 0.693. The Morgan fingerprint density at radius 3 is 2.54 bits per heavy atom. The fraction of sp³-hybridized carbons (Fsp3) is 0.400. The molecule has 0 saturated heterocycles. The summed E-state index contributed by atoms with van der Waals surface area (Å²) in [5, 5.41) is 3.29. The van der Waals surface area contributed by atoms with E-state index in [9.17, 15) is 0 Å². The van der Waals surface area contributed by atoms with E-state index in [2.05, 4.69) is 12.2 Å². The molecule has 0 aliphatic heterocycles. The van der Waals surface area contributed by atoms with Crippen LogP contribution >= 0.6 is 0 Å². The molecule has 0 aliphatic carbocycles. The number of anilines is 2. The summed E-state index contributed by atoms with van der Waals surface area (Å²) in [6, 6.07) is 7.99. The zero-order chi connectivity index (χ0) is 9.68. The van der Waals surface area contributed by atoms with E-state index in [1.165, 1.54) is 0 Å². The van der Waals surface area contributed by atoms with E-state index in [1.807, 2.05) is 24.3 Å². The third-order valence-electron chi connectivity index (χ3n) is 1.74. The van der Waals surface area contributed by atoms with Crippen molar-refractivity contribution in [2.24, 2.45) is 0 Å². The Morgan fingerprint density at radius 1 is 1.38 bits per heavy atom. The normalized spacial score (nSPS) is 12.5. The summed E-state index contributed by atoms with van der Waals surface area (Å²) in [5.41, 5.74) is 7.41. The third kappa shape index (κ3) is 3.34. The molecule has 3 heteroatoms. The van der Waals surface area contributed by atoms with Crippen LogP contribution in [0.4, 0.5) is 11.4 Å². The van der Waals surface area contributed by atoms with Crippen molar-refractivity contribution in [2.45, 2.75) is 13.0 Å². The maximum atomic E-state index is 5.56. The molecule has 0 heterocycles. The molecule has 0 amide bonds. The molecule has 0 aliphatic rings. The van der Waals surface area contributed by atoms with E-state index in [0.29, 0.717) is 12.6 Å². The number of nitrogens with two attached hydrogens (primary N) is 1. The van der Waals surface area contributed by atoms with Gasteiger partial charge in [-0.3, -0.25) is 0 Å². The molecule has 0 saturated carbocycles. The van der Waals surface area contributed by atoms with E-state index in [1.54, 1.807) is 7.11 Å². The van der Waals surface area contributed by atoms with Crippen molar-refractivity contribution >= 4 is 11.4 Å². The Morgan fingerprint density at radius 2 is 2.00 bits per heavy atom. The fourth-order valence-corrected chi connectivity index (χ4v) is 1.16. The zero-order valence-corrected chi connectivity index (χ0v) is 8.08. The minimum atomic E-state index is 0.314. The van der Waals surface area contributed by atoms with Gasteiger partial charge in [-0.05, 0) is 31.2 Å². The second-order valence-electron chi connectivity index (χ2n) is 3.12. The van der Waals surface area contributed by atoms with Crippen molar-refractivity contribution in [3.63, 3.8) is 0 Å². The van der Waals surface area contributed by atoms with Crippen LogP contribution in [0, 0.1) is 0 Å². The van der Waals surface area contributed by atoms with Crippen molar-refractivity contribution in [3.05, 3.63) is 24.3 Å². The lowest BCUT2D eigenvalue weighted by Crippen LogP contribution is -2.20. The molecule has 0 radical (unpaired) electrons. The fourth-order valence-electron chi connectivity index (χ4n) is 1.16. The molecule has 3 nitrogen and oxygen atoms in total. The molecular formula is C10H16N2O. The predicted octanol–water partition coefficient (Wildman–Crippen LogP) is 1.72. The van der Waals surface area contributed by atoms with Gasteiger partial charge in [0, 0.05) is 24.5 Å². The van der Waals surface area contributed by atoms with Crippen LogP contribution in [0.2, 0.25) is 0 Å². The SMILES string of the molecule is COCC(C)Nc1ccc(N)cc1. The first-order valence-corrected chi connectivity index (χ1v) is 4.33. The van der Waals surface area contributed by atoms with Crippen molar-refractivity contribution in [3.8, 4) is 0 Å². The lowest BCUT2D eigenvalue weighted by Gasteiger charge is -2.13. The molecule has 1 atom stereocenters.